The lowest BCUT2D eigenvalue weighted by molar-refractivity contribution is 0.0432. The molecule has 1 saturated heterocycles. The highest BCUT2D eigenvalue weighted by Crippen LogP contribution is 2.28. The summed E-state index contributed by atoms with van der Waals surface area (Å²) in [5, 5.41) is 0.126. The van der Waals surface area contributed by atoms with Gasteiger partial charge in [0, 0.05) is 13.1 Å². The zero-order chi connectivity index (χ0) is 17.9. The number of hydrogen-bond donors (Lipinski definition) is 0. The highest BCUT2D eigenvalue weighted by molar-refractivity contribution is 7.89. The van der Waals surface area contributed by atoms with E-state index >= 15 is 0 Å². The predicted octanol–water partition coefficient (Wildman–Crippen LogP) is 3.64. The van der Waals surface area contributed by atoms with Gasteiger partial charge < -0.3 is 4.74 Å². The highest BCUT2D eigenvalue weighted by Gasteiger charge is 2.30. The molecule has 136 valence electrons. The molecule has 0 radical (unpaired) electrons. The number of allylic oxidation sites excluding steroid dienone is 2. The van der Waals surface area contributed by atoms with Crippen molar-refractivity contribution in [2.24, 2.45) is 5.92 Å². The zero-order valence-electron chi connectivity index (χ0n) is 14.0. The Morgan fingerprint density at radius 2 is 2.00 bits per heavy atom. The smallest absolute Gasteiger partial charge is 0.338 e. The molecule has 1 unspecified atom stereocenters. The van der Waals surface area contributed by atoms with Gasteiger partial charge in [0.05, 0.1) is 17.2 Å². The van der Waals surface area contributed by atoms with E-state index in [0.717, 1.165) is 32.1 Å². The summed E-state index contributed by atoms with van der Waals surface area (Å²) in [5.41, 5.74) is 0.216. The van der Waals surface area contributed by atoms with Crippen LogP contribution in [0.15, 0.2) is 35.2 Å². The Labute approximate surface area is 153 Å². The molecular formula is C18H22ClNO4S. The maximum atomic E-state index is 12.7. The monoisotopic (exact) mass is 383 g/mol. The van der Waals surface area contributed by atoms with E-state index in [9.17, 15) is 13.2 Å². The summed E-state index contributed by atoms with van der Waals surface area (Å²) in [7, 11) is -3.68. The summed E-state index contributed by atoms with van der Waals surface area (Å²) >= 11 is 6.10. The third kappa shape index (κ3) is 4.25. The minimum absolute atomic E-state index is 0.0221. The molecular weight excluding hydrogens is 362 g/mol. The van der Waals surface area contributed by atoms with Crippen molar-refractivity contribution in [2.75, 3.05) is 19.7 Å². The Morgan fingerprint density at radius 1 is 1.24 bits per heavy atom. The number of carbonyl (C=O) groups is 1. The van der Waals surface area contributed by atoms with Crippen LogP contribution < -0.4 is 0 Å². The molecule has 0 amide bonds. The first-order chi connectivity index (χ1) is 12.0. The van der Waals surface area contributed by atoms with E-state index in [1.807, 2.05) is 0 Å². The van der Waals surface area contributed by atoms with Crippen LogP contribution in [0.3, 0.4) is 0 Å². The van der Waals surface area contributed by atoms with Crippen molar-refractivity contribution in [3.05, 3.63) is 40.9 Å². The minimum atomic E-state index is -3.68. The van der Waals surface area contributed by atoms with Crippen LogP contribution in [0.25, 0.3) is 0 Å². The van der Waals surface area contributed by atoms with Crippen molar-refractivity contribution in [1.29, 1.82) is 0 Å². The van der Waals surface area contributed by atoms with Crippen LogP contribution in [0, 0.1) is 5.92 Å². The number of sulfonamides is 1. The second-order valence-electron chi connectivity index (χ2n) is 6.51. The van der Waals surface area contributed by atoms with Crippen molar-refractivity contribution in [3.63, 3.8) is 0 Å². The lowest BCUT2D eigenvalue weighted by Crippen LogP contribution is -2.28. The van der Waals surface area contributed by atoms with Gasteiger partial charge in [-0.05, 0) is 56.2 Å². The molecule has 25 heavy (non-hydrogen) atoms. The van der Waals surface area contributed by atoms with Crippen LogP contribution >= 0.6 is 11.6 Å². The maximum Gasteiger partial charge on any atom is 0.338 e. The third-order valence-corrected chi connectivity index (χ3v) is 7.06. The summed E-state index contributed by atoms with van der Waals surface area (Å²) in [4.78, 5) is 12.3. The van der Waals surface area contributed by atoms with E-state index in [4.69, 9.17) is 16.3 Å². The van der Waals surface area contributed by atoms with Crippen molar-refractivity contribution < 1.29 is 17.9 Å². The van der Waals surface area contributed by atoms with Gasteiger partial charge in [-0.1, -0.05) is 23.8 Å². The molecule has 1 atom stereocenters. The van der Waals surface area contributed by atoms with Crippen molar-refractivity contribution in [3.8, 4) is 0 Å². The van der Waals surface area contributed by atoms with Crippen LogP contribution in [0.2, 0.25) is 5.02 Å². The van der Waals surface area contributed by atoms with Crippen LogP contribution in [0.4, 0.5) is 0 Å². The Bertz CT molecular complexity index is 769. The van der Waals surface area contributed by atoms with Crippen molar-refractivity contribution in [2.45, 2.75) is 37.0 Å². The van der Waals surface area contributed by atoms with Gasteiger partial charge in [0.1, 0.15) is 4.90 Å². The first-order valence-electron chi connectivity index (χ1n) is 8.60. The SMILES string of the molecule is O=C(OCC1CC=CCC1)c1ccc(Cl)c(S(=O)(=O)N2CCCC2)c1. The first kappa shape index (κ1) is 18.4. The largest absolute Gasteiger partial charge is 0.462 e. The van der Waals surface area contributed by atoms with E-state index in [-0.39, 0.29) is 15.5 Å². The molecule has 7 heteroatoms. The molecule has 3 rings (SSSR count). The number of nitrogens with zero attached hydrogens (tertiary/aromatic N) is 1. The van der Waals surface area contributed by atoms with Gasteiger partial charge in [0.15, 0.2) is 0 Å². The van der Waals surface area contributed by atoms with Gasteiger partial charge >= 0.3 is 5.97 Å². The number of rotatable bonds is 5. The maximum absolute atomic E-state index is 12.7. The molecule has 1 aliphatic heterocycles. The Hall–Kier alpha value is -1.37. The summed E-state index contributed by atoms with van der Waals surface area (Å²) in [6, 6.07) is 4.29. The van der Waals surface area contributed by atoms with Gasteiger partial charge in [-0.2, -0.15) is 4.31 Å². The Kier molecular flexibility index (Phi) is 5.81. The van der Waals surface area contributed by atoms with E-state index in [0.29, 0.717) is 25.6 Å². The molecule has 5 nitrogen and oxygen atoms in total. The topological polar surface area (TPSA) is 63.7 Å². The van der Waals surface area contributed by atoms with E-state index < -0.39 is 16.0 Å². The molecule has 1 heterocycles. The average Bonchev–Trinajstić information content (AvgIpc) is 3.16. The van der Waals surface area contributed by atoms with Crippen LogP contribution in [0.1, 0.15) is 42.5 Å². The fourth-order valence-electron chi connectivity index (χ4n) is 3.18. The summed E-state index contributed by atoms with van der Waals surface area (Å²) in [6.07, 6.45) is 8.82. The molecule has 0 bridgehead atoms. The fraction of sp³-hybridized carbons (Fsp3) is 0.500. The van der Waals surface area contributed by atoms with Crippen molar-refractivity contribution >= 4 is 27.6 Å². The fourth-order valence-corrected chi connectivity index (χ4v) is 5.20. The number of benzene rings is 1. The summed E-state index contributed by atoms with van der Waals surface area (Å²) < 4.78 is 32.2. The van der Waals surface area contributed by atoms with Crippen LogP contribution in [-0.4, -0.2) is 38.4 Å². The highest BCUT2D eigenvalue weighted by atomic mass is 35.5. The molecule has 0 N–H and O–H groups in total. The molecule has 1 aromatic carbocycles. The van der Waals surface area contributed by atoms with Gasteiger partial charge in [0.2, 0.25) is 10.0 Å². The molecule has 1 fully saturated rings. The van der Waals surface area contributed by atoms with Crippen molar-refractivity contribution in [1.82, 2.24) is 4.31 Å². The number of halogens is 1. The van der Waals surface area contributed by atoms with E-state index in [2.05, 4.69) is 12.2 Å². The normalized spacial score (nSPS) is 21.4. The van der Waals surface area contributed by atoms with Crippen LogP contribution in [-0.2, 0) is 14.8 Å². The van der Waals surface area contributed by atoms with Gasteiger partial charge in [0.25, 0.3) is 0 Å². The zero-order valence-corrected chi connectivity index (χ0v) is 15.6. The molecule has 0 spiro atoms. The van der Waals surface area contributed by atoms with Gasteiger partial charge in [-0.25, -0.2) is 13.2 Å². The molecule has 0 aromatic heterocycles. The third-order valence-electron chi connectivity index (χ3n) is 4.68. The number of carbonyl (C=O) groups excluding carboxylic acids is 1. The van der Waals surface area contributed by atoms with E-state index in [1.54, 1.807) is 0 Å². The van der Waals surface area contributed by atoms with Crippen LogP contribution in [0.5, 0.6) is 0 Å². The minimum Gasteiger partial charge on any atom is -0.462 e. The Morgan fingerprint density at radius 3 is 2.68 bits per heavy atom. The number of hydrogen-bond acceptors (Lipinski definition) is 4. The quantitative estimate of drug-likeness (QED) is 0.575. The second kappa shape index (κ2) is 7.89. The molecule has 0 saturated carbocycles. The molecule has 2 aliphatic rings. The summed E-state index contributed by atoms with van der Waals surface area (Å²) in [5.74, 6) is -0.182. The van der Waals surface area contributed by atoms with Gasteiger partial charge in [-0.3, -0.25) is 0 Å². The number of esters is 1. The Balaban J connectivity index is 1.74. The summed E-state index contributed by atoms with van der Waals surface area (Å²) in [6.45, 7) is 1.32. The van der Waals surface area contributed by atoms with E-state index in [1.165, 1.54) is 22.5 Å². The lowest BCUT2D eigenvalue weighted by Gasteiger charge is -2.18. The first-order valence-corrected chi connectivity index (χ1v) is 10.4. The standard InChI is InChI=1S/C18H22ClNO4S/c19-16-9-8-15(18(21)24-13-14-6-2-1-3-7-14)12-17(16)25(22,23)20-10-4-5-11-20/h1-2,8-9,12,14H,3-7,10-11,13H2. The van der Waals surface area contributed by atoms with Gasteiger partial charge in [-0.15, -0.1) is 0 Å². The lowest BCUT2D eigenvalue weighted by atomic mass is 9.95. The average molecular weight is 384 g/mol. The molecule has 1 aromatic rings. The predicted molar refractivity (Wildman–Crippen MR) is 96.2 cm³/mol. The molecule has 1 aliphatic carbocycles. The number of ether oxygens (including phenoxy) is 1. The second-order valence-corrected chi connectivity index (χ2v) is 8.82.